The highest BCUT2D eigenvalue weighted by atomic mass is 16.4. The number of nitrogens with one attached hydrogen (secondary N) is 2. The molecule has 1 aliphatic carbocycles. The van der Waals surface area contributed by atoms with E-state index in [1.54, 1.807) is 0 Å². The minimum Gasteiger partial charge on any atom is -0.481 e. The summed E-state index contributed by atoms with van der Waals surface area (Å²) < 4.78 is 0. The minimum absolute atomic E-state index is 0.0228. The van der Waals surface area contributed by atoms with E-state index < -0.39 is 11.5 Å². The summed E-state index contributed by atoms with van der Waals surface area (Å²) in [5, 5.41) is 15.3. The molecule has 0 radical (unpaired) electrons. The first-order chi connectivity index (χ1) is 9.02. The van der Waals surface area contributed by atoms with Gasteiger partial charge in [-0.25, -0.2) is 0 Å². The third-order valence-corrected chi connectivity index (χ3v) is 4.62. The molecule has 5 nitrogen and oxygen atoms in total. The van der Waals surface area contributed by atoms with Gasteiger partial charge in [-0.3, -0.25) is 9.59 Å². The number of amides is 1. The molecule has 2 fully saturated rings. The lowest BCUT2D eigenvalue weighted by Gasteiger charge is -2.39. The third kappa shape index (κ3) is 3.47. The highest BCUT2D eigenvalue weighted by Gasteiger charge is 2.38. The summed E-state index contributed by atoms with van der Waals surface area (Å²) in [5.74, 6) is -0.436. The summed E-state index contributed by atoms with van der Waals surface area (Å²) in [4.78, 5) is 23.4. The number of carbonyl (C=O) groups excluding carboxylic acids is 1. The van der Waals surface area contributed by atoms with Gasteiger partial charge in [-0.2, -0.15) is 0 Å². The zero-order valence-electron chi connectivity index (χ0n) is 11.6. The van der Waals surface area contributed by atoms with E-state index in [2.05, 4.69) is 10.6 Å². The van der Waals surface area contributed by atoms with Crippen LogP contribution >= 0.6 is 0 Å². The Morgan fingerprint density at radius 3 is 2.42 bits per heavy atom. The van der Waals surface area contributed by atoms with Crippen molar-refractivity contribution in [2.45, 2.75) is 51.0 Å². The lowest BCUT2D eigenvalue weighted by atomic mass is 9.78. The van der Waals surface area contributed by atoms with Gasteiger partial charge >= 0.3 is 5.97 Å². The fourth-order valence-corrected chi connectivity index (χ4v) is 3.12. The molecule has 2 rings (SSSR count). The van der Waals surface area contributed by atoms with Crippen LogP contribution in [0.2, 0.25) is 0 Å². The Balaban J connectivity index is 1.98. The predicted molar refractivity (Wildman–Crippen MR) is 71.7 cm³/mol. The van der Waals surface area contributed by atoms with Gasteiger partial charge in [0.2, 0.25) is 5.91 Å². The van der Waals surface area contributed by atoms with Gasteiger partial charge in [0.1, 0.15) is 0 Å². The molecule has 1 atom stereocenters. The fourth-order valence-electron chi connectivity index (χ4n) is 3.12. The van der Waals surface area contributed by atoms with Crippen molar-refractivity contribution in [3.63, 3.8) is 0 Å². The van der Waals surface area contributed by atoms with Crippen molar-refractivity contribution in [3.05, 3.63) is 0 Å². The normalized spacial score (nSPS) is 24.3. The van der Waals surface area contributed by atoms with Gasteiger partial charge in [-0.15, -0.1) is 0 Å². The monoisotopic (exact) mass is 268 g/mol. The molecule has 0 aromatic rings. The first-order valence-electron chi connectivity index (χ1n) is 7.27. The number of carbonyl (C=O) groups is 2. The SMILES string of the molecule is CC(C(=O)NC1(CC(=O)O)CCCCC1)C1CNC1. The molecule has 0 aromatic carbocycles. The number of carboxylic acid groups (broad SMARTS) is 1. The molecule has 0 bridgehead atoms. The van der Waals surface area contributed by atoms with E-state index in [9.17, 15) is 9.59 Å². The molecule has 1 unspecified atom stereocenters. The molecule has 1 heterocycles. The van der Waals surface area contributed by atoms with Crippen LogP contribution in [0.1, 0.15) is 45.4 Å². The molecule has 1 saturated heterocycles. The Morgan fingerprint density at radius 1 is 1.32 bits per heavy atom. The van der Waals surface area contributed by atoms with Crippen molar-refractivity contribution in [2.24, 2.45) is 11.8 Å². The molecular formula is C14H24N2O3. The second-order valence-corrected chi connectivity index (χ2v) is 6.11. The van der Waals surface area contributed by atoms with Gasteiger partial charge in [0.15, 0.2) is 0 Å². The molecular weight excluding hydrogens is 244 g/mol. The van der Waals surface area contributed by atoms with Crippen LogP contribution in [0.3, 0.4) is 0 Å². The van der Waals surface area contributed by atoms with E-state index in [1.165, 1.54) is 0 Å². The fraction of sp³-hybridized carbons (Fsp3) is 0.857. The summed E-state index contributed by atoms with van der Waals surface area (Å²) in [6.45, 7) is 3.72. The van der Waals surface area contributed by atoms with Crippen molar-refractivity contribution in [1.29, 1.82) is 0 Å². The number of rotatable bonds is 5. The molecule has 108 valence electrons. The molecule has 19 heavy (non-hydrogen) atoms. The van der Waals surface area contributed by atoms with E-state index in [4.69, 9.17) is 5.11 Å². The highest BCUT2D eigenvalue weighted by molar-refractivity contribution is 5.80. The molecule has 2 aliphatic rings. The smallest absolute Gasteiger partial charge is 0.305 e. The summed E-state index contributed by atoms with van der Waals surface area (Å²) in [6.07, 6.45) is 4.79. The van der Waals surface area contributed by atoms with Crippen LogP contribution in [0.5, 0.6) is 0 Å². The second-order valence-electron chi connectivity index (χ2n) is 6.11. The second kappa shape index (κ2) is 5.90. The van der Waals surface area contributed by atoms with Crippen LogP contribution in [0, 0.1) is 11.8 Å². The van der Waals surface area contributed by atoms with E-state index in [-0.39, 0.29) is 18.2 Å². The maximum absolute atomic E-state index is 12.3. The molecule has 1 amide bonds. The van der Waals surface area contributed by atoms with Crippen LogP contribution in [0.4, 0.5) is 0 Å². The van der Waals surface area contributed by atoms with E-state index in [1.807, 2.05) is 6.92 Å². The molecule has 3 N–H and O–H groups in total. The van der Waals surface area contributed by atoms with E-state index in [0.29, 0.717) is 5.92 Å². The quantitative estimate of drug-likeness (QED) is 0.698. The summed E-state index contributed by atoms with van der Waals surface area (Å²) >= 11 is 0. The van der Waals surface area contributed by atoms with Gasteiger partial charge in [-0.1, -0.05) is 26.2 Å². The zero-order valence-corrected chi connectivity index (χ0v) is 11.6. The Hall–Kier alpha value is -1.10. The van der Waals surface area contributed by atoms with Gasteiger partial charge < -0.3 is 15.7 Å². The van der Waals surface area contributed by atoms with Crippen molar-refractivity contribution < 1.29 is 14.7 Å². The van der Waals surface area contributed by atoms with Gasteiger partial charge in [0, 0.05) is 5.92 Å². The summed E-state index contributed by atoms with van der Waals surface area (Å²) in [7, 11) is 0. The first-order valence-corrected chi connectivity index (χ1v) is 7.27. The molecule has 0 spiro atoms. The molecule has 5 heteroatoms. The number of hydrogen-bond acceptors (Lipinski definition) is 3. The Kier molecular flexibility index (Phi) is 4.45. The lowest BCUT2D eigenvalue weighted by Crippen LogP contribution is -2.56. The van der Waals surface area contributed by atoms with E-state index in [0.717, 1.165) is 45.2 Å². The molecule has 1 aliphatic heterocycles. The van der Waals surface area contributed by atoms with Crippen molar-refractivity contribution in [1.82, 2.24) is 10.6 Å². The summed E-state index contributed by atoms with van der Waals surface area (Å²) in [6, 6.07) is 0. The van der Waals surface area contributed by atoms with Crippen LogP contribution in [-0.2, 0) is 9.59 Å². The van der Waals surface area contributed by atoms with Crippen molar-refractivity contribution in [3.8, 4) is 0 Å². The largest absolute Gasteiger partial charge is 0.481 e. The van der Waals surface area contributed by atoms with Gasteiger partial charge in [0.25, 0.3) is 0 Å². The predicted octanol–water partition coefficient (Wildman–Crippen LogP) is 1.14. The average Bonchev–Trinajstić information content (AvgIpc) is 2.26. The van der Waals surface area contributed by atoms with Crippen molar-refractivity contribution >= 4 is 11.9 Å². The molecule has 0 aromatic heterocycles. The third-order valence-electron chi connectivity index (χ3n) is 4.62. The standard InChI is InChI=1S/C14H24N2O3/c1-10(11-8-15-9-11)13(19)16-14(7-12(17)18)5-3-2-4-6-14/h10-11,15H,2-9H2,1H3,(H,16,19)(H,17,18). The minimum atomic E-state index is -0.819. The van der Waals surface area contributed by atoms with Crippen LogP contribution < -0.4 is 10.6 Å². The number of aliphatic carboxylic acids is 1. The maximum Gasteiger partial charge on any atom is 0.305 e. The van der Waals surface area contributed by atoms with Crippen LogP contribution in [0.15, 0.2) is 0 Å². The Labute approximate surface area is 114 Å². The van der Waals surface area contributed by atoms with Gasteiger partial charge in [0.05, 0.1) is 12.0 Å². The molecule has 1 saturated carbocycles. The zero-order chi connectivity index (χ0) is 13.9. The van der Waals surface area contributed by atoms with E-state index >= 15 is 0 Å². The lowest BCUT2D eigenvalue weighted by molar-refractivity contribution is -0.140. The average molecular weight is 268 g/mol. The summed E-state index contributed by atoms with van der Waals surface area (Å²) in [5.41, 5.74) is -0.507. The van der Waals surface area contributed by atoms with Crippen LogP contribution in [-0.4, -0.2) is 35.6 Å². The Bertz CT molecular complexity index is 347. The van der Waals surface area contributed by atoms with Crippen molar-refractivity contribution in [2.75, 3.05) is 13.1 Å². The van der Waals surface area contributed by atoms with Crippen LogP contribution in [0.25, 0.3) is 0 Å². The maximum atomic E-state index is 12.3. The number of carboxylic acids is 1. The Morgan fingerprint density at radius 2 is 1.95 bits per heavy atom. The van der Waals surface area contributed by atoms with Gasteiger partial charge in [-0.05, 0) is 31.8 Å². The first kappa shape index (κ1) is 14.3. The topological polar surface area (TPSA) is 78.4 Å². The highest BCUT2D eigenvalue weighted by Crippen LogP contribution is 2.32. The number of hydrogen-bond donors (Lipinski definition) is 3.